The van der Waals surface area contributed by atoms with Crippen LogP contribution in [0.15, 0.2) is 41.3 Å². The Morgan fingerprint density at radius 2 is 1.72 bits per heavy atom. The Morgan fingerprint density at radius 3 is 2.11 bits per heavy atom. The van der Waals surface area contributed by atoms with Crippen molar-refractivity contribution < 1.29 is 13.2 Å². The van der Waals surface area contributed by atoms with Crippen molar-refractivity contribution in [1.82, 2.24) is 0 Å². The molecule has 18 heavy (non-hydrogen) atoms. The SMILES string of the molecule is C=C(C)CS(=O)(=O)c1ccc(C(=O)C(C)C)cc1. The molecule has 0 heterocycles. The van der Waals surface area contributed by atoms with E-state index >= 15 is 0 Å². The molecule has 0 radical (unpaired) electrons. The summed E-state index contributed by atoms with van der Waals surface area (Å²) in [7, 11) is -3.33. The van der Waals surface area contributed by atoms with Gasteiger partial charge in [0, 0.05) is 11.5 Å². The summed E-state index contributed by atoms with van der Waals surface area (Å²) >= 11 is 0. The summed E-state index contributed by atoms with van der Waals surface area (Å²) in [5.74, 6) is -0.147. The molecule has 0 spiro atoms. The number of carbonyl (C=O) groups is 1. The molecule has 1 rings (SSSR count). The molecule has 1 aromatic rings. The topological polar surface area (TPSA) is 51.2 Å². The van der Waals surface area contributed by atoms with Crippen LogP contribution in [0.3, 0.4) is 0 Å². The third-order valence-corrected chi connectivity index (χ3v) is 4.32. The van der Waals surface area contributed by atoms with Gasteiger partial charge in [0.25, 0.3) is 0 Å². The van der Waals surface area contributed by atoms with Crippen LogP contribution < -0.4 is 0 Å². The van der Waals surface area contributed by atoms with Crippen molar-refractivity contribution in [2.45, 2.75) is 25.7 Å². The van der Waals surface area contributed by atoms with Crippen LogP contribution in [0.4, 0.5) is 0 Å². The van der Waals surface area contributed by atoms with Crippen LogP contribution in [-0.2, 0) is 9.84 Å². The number of rotatable bonds is 5. The molecule has 0 aliphatic carbocycles. The second-order valence-electron chi connectivity index (χ2n) is 4.76. The smallest absolute Gasteiger partial charge is 0.182 e. The molecule has 0 aliphatic heterocycles. The van der Waals surface area contributed by atoms with Gasteiger partial charge in [-0.05, 0) is 19.1 Å². The molecule has 0 amide bonds. The summed E-state index contributed by atoms with van der Waals surface area (Å²) in [5.41, 5.74) is 1.14. The van der Waals surface area contributed by atoms with E-state index < -0.39 is 9.84 Å². The summed E-state index contributed by atoms with van der Waals surface area (Å²) in [6, 6.07) is 6.09. The number of hydrogen-bond acceptors (Lipinski definition) is 3. The number of Topliss-reactive ketones (excluding diaryl/α,β-unsaturated/α-hetero) is 1. The maximum Gasteiger partial charge on any atom is 0.182 e. The highest BCUT2D eigenvalue weighted by atomic mass is 32.2. The average Bonchev–Trinajstić information content (AvgIpc) is 2.26. The Balaban J connectivity index is 3.03. The minimum Gasteiger partial charge on any atom is -0.294 e. The van der Waals surface area contributed by atoms with Gasteiger partial charge in [0.2, 0.25) is 0 Å². The van der Waals surface area contributed by atoms with Crippen molar-refractivity contribution in [3.05, 3.63) is 42.0 Å². The van der Waals surface area contributed by atoms with E-state index in [1.807, 2.05) is 13.8 Å². The molecular weight excluding hydrogens is 248 g/mol. The molecule has 0 bridgehead atoms. The fourth-order valence-electron chi connectivity index (χ4n) is 1.57. The molecule has 0 aliphatic rings. The molecule has 0 fully saturated rings. The average molecular weight is 266 g/mol. The zero-order valence-corrected chi connectivity index (χ0v) is 11.8. The van der Waals surface area contributed by atoms with Gasteiger partial charge in [0.15, 0.2) is 15.6 Å². The van der Waals surface area contributed by atoms with E-state index in [1.165, 1.54) is 12.1 Å². The maximum atomic E-state index is 11.9. The number of benzene rings is 1. The lowest BCUT2D eigenvalue weighted by Gasteiger charge is -2.07. The van der Waals surface area contributed by atoms with Gasteiger partial charge in [0.05, 0.1) is 10.6 Å². The molecule has 4 heteroatoms. The van der Waals surface area contributed by atoms with E-state index in [4.69, 9.17) is 0 Å². The van der Waals surface area contributed by atoms with Crippen LogP contribution in [0.2, 0.25) is 0 Å². The molecule has 0 saturated heterocycles. The van der Waals surface area contributed by atoms with Crippen molar-refractivity contribution in [1.29, 1.82) is 0 Å². The number of carbonyl (C=O) groups excluding carboxylic acids is 1. The highest BCUT2D eigenvalue weighted by Gasteiger charge is 2.16. The fraction of sp³-hybridized carbons (Fsp3) is 0.357. The normalized spacial score (nSPS) is 11.6. The van der Waals surface area contributed by atoms with Crippen LogP contribution in [0, 0.1) is 5.92 Å². The van der Waals surface area contributed by atoms with Crippen molar-refractivity contribution in [2.75, 3.05) is 5.75 Å². The minimum atomic E-state index is -3.33. The van der Waals surface area contributed by atoms with Gasteiger partial charge in [-0.2, -0.15) is 0 Å². The van der Waals surface area contributed by atoms with E-state index in [1.54, 1.807) is 19.1 Å². The fourth-order valence-corrected chi connectivity index (χ4v) is 2.93. The molecule has 3 nitrogen and oxygen atoms in total. The largest absolute Gasteiger partial charge is 0.294 e. The van der Waals surface area contributed by atoms with Gasteiger partial charge in [0.1, 0.15) is 0 Å². The molecular formula is C14H18O3S. The van der Waals surface area contributed by atoms with Crippen LogP contribution >= 0.6 is 0 Å². The Labute approximate surface area is 108 Å². The third-order valence-electron chi connectivity index (χ3n) is 2.46. The Bertz CT molecular complexity index is 551. The molecule has 0 aromatic heterocycles. The van der Waals surface area contributed by atoms with E-state index in [9.17, 15) is 13.2 Å². The zero-order chi connectivity index (χ0) is 13.9. The standard InChI is InChI=1S/C14H18O3S/c1-10(2)9-18(16,17)13-7-5-12(6-8-13)14(15)11(3)4/h5-8,11H,1,9H2,2-4H3. The Kier molecular flexibility index (Phi) is 4.46. The number of ketones is 1. The molecule has 1 aromatic carbocycles. The van der Waals surface area contributed by atoms with Crippen LogP contribution in [0.1, 0.15) is 31.1 Å². The number of hydrogen-bond donors (Lipinski definition) is 0. The molecule has 98 valence electrons. The predicted octanol–water partition coefficient (Wildman–Crippen LogP) is 2.88. The summed E-state index contributed by atoms with van der Waals surface area (Å²) in [5, 5.41) is 0. The monoisotopic (exact) mass is 266 g/mol. The second-order valence-corrected chi connectivity index (χ2v) is 6.75. The first-order valence-electron chi connectivity index (χ1n) is 5.75. The highest BCUT2D eigenvalue weighted by Crippen LogP contribution is 2.16. The summed E-state index contributed by atoms with van der Waals surface area (Å²) in [6.07, 6.45) is 0. The van der Waals surface area contributed by atoms with Gasteiger partial charge < -0.3 is 0 Å². The Hall–Kier alpha value is -1.42. The maximum absolute atomic E-state index is 11.9. The van der Waals surface area contributed by atoms with Crippen molar-refractivity contribution in [3.8, 4) is 0 Å². The molecule has 0 unspecified atom stereocenters. The zero-order valence-electron chi connectivity index (χ0n) is 10.9. The van der Waals surface area contributed by atoms with Gasteiger partial charge in [-0.25, -0.2) is 8.42 Å². The first-order valence-corrected chi connectivity index (χ1v) is 7.40. The van der Waals surface area contributed by atoms with Crippen molar-refractivity contribution in [2.24, 2.45) is 5.92 Å². The van der Waals surface area contributed by atoms with Crippen LogP contribution in [0.25, 0.3) is 0 Å². The summed E-state index contributed by atoms with van der Waals surface area (Å²) in [6.45, 7) is 8.90. The lowest BCUT2D eigenvalue weighted by atomic mass is 10.0. The minimum absolute atomic E-state index is 0.0128. The molecule has 0 N–H and O–H groups in total. The molecule has 0 atom stereocenters. The van der Waals surface area contributed by atoms with Gasteiger partial charge in [-0.3, -0.25) is 4.79 Å². The predicted molar refractivity (Wildman–Crippen MR) is 72.5 cm³/mol. The van der Waals surface area contributed by atoms with E-state index in [2.05, 4.69) is 6.58 Å². The quantitative estimate of drug-likeness (QED) is 0.608. The lowest BCUT2D eigenvalue weighted by Crippen LogP contribution is -2.10. The van der Waals surface area contributed by atoms with E-state index in [0.717, 1.165) is 0 Å². The first kappa shape index (κ1) is 14.6. The van der Waals surface area contributed by atoms with Gasteiger partial charge in [-0.15, -0.1) is 0 Å². The first-order chi connectivity index (χ1) is 8.24. The molecule has 0 saturated carbocycles. The van der Waals surface area contributed by atoms with Crippen molar-refractivity contribution >= 4 is 15.6 Å². The van der Waals surface area contributed by atoms with E-state index in [0.29, 0.717) is 11.1 Å². The van der Waals surface area contributed by atoms with Crippen LogP contribution in [0.5, 0.6) is 0 Å². The van der Waals surface area contributed by atoms with Crippen molar-refractivity contribution in [3.63, 3.8) is 0 Å². The summed E-state index contributed by atoms with van der Waals surface area (Å²) < 4.78 is 23.8. The Morgan fingerprint density at radius 1 is 1.22 bits per heavy atom. The lowest BCUT2D eigenvalue weighted by molar-refractivity contribution is 0.0939. The second kappa shape index (κ2) is 5.48. The third kappa shape index (κ3) is 3.53. The number of sulfone groups is 1. The van der Waals surface area contributed by atoms with Gasteiger partial charge >= 0.3 is 0 Å². The summed E-state index contributed by atoms with van der Waals surface area (Å²) in [4.78, 5) is 11.9. The van der Waals surface area contributed by atoms with Crippen LogP contribution in [-0.4, -0.2) is 20.0 Å². The highest BCUT2D eigenvalue weighted by molar-refractivity contribution is 7.91. The van der Waals surface area contributed by atoms with E-state index in [-0.39, 0.29) is 22.3 Å². The van der Waals surface area contributed by atoms with Gasteiger partial charge in [-0.1, -0.05) is 38.1 Å².